The molecule has 1 aromatic rings. The van der Waals surface area contributed by atoms with Crippen molar-refractivity contribution in [1.29, 1.82) is 0 Å². The number of hydrogen-bond acceptors (Lipinski definition) is 3. The normalized spacial score (nSPS) is 14.6. The SMILES string of the molecule is O=C(O)c1ccc(C(=O)NCC(=O)N2CCCCC2)cc1. The molecule has 0 saturated carbocycles. The Morgan fingerprint density at radius 1 is 1.00 bits per heavy atom. The second-order valence-electron chi connectivity index (χ2n) is 5.01. The number of nitrogens with zero attached hydrogens (tertiary/aromatic N) is 1. The summed E-state index contributed by atoms with van der Waals surface area (Å²) < 4.78 is 0. The lowest BCUT2D eigenvalue weighted by Gasteiger charge is -2.26. The molecule has 6 nitrogen and oxygen atoms in total. The zero-order chi connectivity index (χ0) is 15.2. The van der Waals surface area contributed by atoms with Crippen molar-refractivity contribution in [2.75, 3.05) is 19.6 Å². The van der Waals surface area contributed by atoms with E-state index in [1.807, 2.05) is 0 Å². The predicted molar refractivity (Wildman–Crippen MR) is 76.2 cm³/mol. The van der Waals surface area contributed by atoms with Crippen LogP contribution in [0.3, 0.4) is 0 Å². The zero-order valence-electron chi connectivity index (χ0n) is 11.7. The van der Waals surface area contributed by atoms with Gasteiger partial charge in [0.1, 0.15) is 0 Å². The van der Waals surface area contributed by atoms with Crippen molar-refractivity contribution in [3.05, 3.63) is 35.4 Å². The third-order valence-electron chi connectivity index (χ3n) is 3.50. The fourth-order valence-corrected chi connectivity index (χ4v) is 2.28. The van der Waals surface area contributed by atoms with E-state index in [9.17, 15) is 14.4 Å². The minimum atomic E-state index is -1.04. The summed E-state index contributed by atoms with van der Waals surface area (Å²) in [5.74, 6) is -1.50. The molecule has 2 rings (SSSR count). The number of piperidine rings is 1. The van der Waals surface area contributed by atoms with Crippen LogP contribution in [0.25, 0.3) is 0 Å². The maximum absolute atomic E-state index is 11.9. The Labute approximate surface area is 122 Å². The van der Waals surface area contributed by atoms with Crippen LogP contribution in [0.5, 0.6) is 0 Å². The van der Waals surface area contributed by atoms with Crippen LogP contribution in [0.4, 0.5) is 0 Å². The summed E-state index contributed by atoms with van der Waals surface area (Å²) in [4.78, 5) is 36.3. The summed E-state index contributed by atoms with van der Waals surface area (Å²) >= 11 is 0. The quantitative estimate of drug-likeness (QED) is 0.870. The standard InChI is InChI=1S/C15H18N2O4/c18-13(17-8-2-1-3-9-17)10-16-14(19)11-4-6-12(7-5-11)15(20)21/h4-7H,1-3,8-10H2,(H,16,19)(H,20,21). The molecule has 0 spiro atoms. The molecule has 1 aliphatic rings. The first-order valence-corrected chi connectivity index (χ1v) is 6.97. The number of carboxylic acid groups (broad SMARTS) is 1. The molecule has 1 aliphatic heterocycles. The van der Waals surface area contributed by atoms with E-state index in [2.05, 4.69) is 5.32 Å². The van der Waals surface area contributed by atoms with Gasteiger partial charge in [-0.2, -0.15) is 0 Å². The number of nitrogens with one attached hydrogen (secondary N) is 1. The molecule has 21 heavy (non-hydrogen) atoms. The summed E-state index contributed by atoms with van der Waals surface area (Å²) in [5.41, 5.74) is 0.461. The van der Waals surface area contributed by atoms with E-state index < -0.39 is 5.97 Å². The van der Waals surface area contributed by atoms with Gasteiger partial charge < -0.3 is 15.3 Å². The van der Waals surface area contributed by atoms with Gasteiger partial charge in [0.2, 0.25) is 5.91 Å². The molecule has 0 atom stereocenters. The average molecular weight is 290 g/mol. The molecule has 1 aromatic carbocycles. The highest BCUT2D eigenvalue weighted by Crippen LogP contribution is 2.08. The molecule has 0 aromatic heterocycles. The van der Waals surface area contributed by atoms with Gasteiger partial charge in [0.25, 0.3) is 5.91 Å². The summed E-state index contributed by atoms with van der Waals surface area (Å²) in [6.07, 6.45) is 3.17. The highest BCUT2D eigenvalue weighted by Gasteiger charge is 2.17. The van der Waals surface area contributed by atoms with E-state index in [-0.39, 0.29) is 23.9 Å². The predicted octanol–water partition coefficient (Wildman–Crippen LogP) is 1.13. The fourth-order valence-electron chi connectivity index (χ4n) is 2.28. The molecule has 1 heterocycles. The largest absolute Gasteiger partial charge is 0.478 e. The van der Waals surface area contributed by atoms with Gasteiger partial charge >= 0.3 is 5.97 Å². The Hall–Kier alpha value is -2.37. The lowest BCUT2D eigenvalue weighted by Crippen LogP contribution is -2.42. The summed E-state index contributed by atoms with van der Waals surface area (Å²) in [5, 5.41) is 11.4. The van der Waals surface area contributed by atoms with Gasteiger partial charge in [-0.1, -0.05) is 0 Å². The molecular formula is C15H18N2O4. The number of aromatic carboxylic acids is 1. The van der Waals surface area contributed by atoms with Crippen LogP contribution in [-0.4, -0.2) is 47.4 Å². The molecule has 112 valence electrons. The van der Waals surface area contributed by atoms with Gasteiger partial charge in [-0.05, 0) is 43.5 Å². The van der Waals surface area contributed by atoms with Crippen molar-refractivity contribution < 1.29 is 19.5 Å². The third kappa shape index (κ3) is 4.05. The number of carboxylic acids is 1. The molecule has 6 heteroatoms. The second kappa shape index (κ2) is 6.88. The van der Waals surface area contributed by atoms with Crippen molar-refractivity contribution in [2.45, 2.75) is 19.3 Å². The van der Waals surface area contributed by atoms with E-state index in [0.29, 0.717) is 5.56 Å². The monoisotopic (exact) mass is 290 g/mol. The van der Waals surface area contributed by atoms with Gasteiger partial charge in [0.15, 0.2) is 0 Å². The molecular weight excluding hydrogens is 272 g/mol. The smallest absolute Gasteiger partial charge is 0.335 e. The number of carbonyl (C=O) groups is 3. The Kier molecular flexibility index (Phi) is 4.92. The molecule has 1 fully saturated rings. The maximum atomic E-state index is 11.9. The van der Waals surface area contributed by atoms with Gasteiger partial charge in [-0.3, -0.25) is 9.59 Å². The Morgan fingerprint density at radius 2 is 1.57 bits per heavy atom. The van der Waals surface area contributed by atoms with Crippen molar-refractivity contribution in [2.24, 2.45) is 0 Å². The van der Waals surface area contributed by atoms with Crippen LogP contribution in [-0.2, 0) is 4.79 Å². The van der Waals surface area contributed by atoms with Crippen LogP contribution in [0.15, 0.2) is 24.3 Å². The van der Waals surface area contributed by atoms with Gasteiger partial charge in [-0.25, -0.2) is 4.79 Å². The summed E-state index contributed by atoms with van der Waals surface area (Å²) in [6.45, 7) is 1.48. The molecule has 2 N–H and O–H groups in total. The van der Waals surface area contributed by atoms with Crippen LogP contribution in [0.1, 0.15) is 40.0 Å². The number of amides is 2. The van der Waals surface area contributed by atoms with Crippen LogP contribution in [0.2, 0.25) is 0 Å². The Bertz CT molecular complexity index is 533. The average Bonchev–Trinajstić information content (AvgIpc) is 2.53. The number of rotatable bonds is 4. The molecule has 0 aliphatic carbocycles. The maximum Gasteiger partial charge on any atom is 0.335 e. The number of likely N-dealkylation sites (tertiary alicyclic amines) is 1. The molecule has 1 saturated heterocycles. The first-order valence-electron chi connectivity index (χ1n) is 6.97. The van der Waals surface area contributed by atoms with E-state index >= 15 is 0 Å². The minimum absolute atomic E-state index is 0.0283. The molecule has 0 radical (unpaired) electrons. The number of carbonyl (C=O) groups excluding carboxylic acids is 2. The fraction of sp³-hybridized carbons (Fsp3) is 0.400. The van der Waals surface area contributed by atoms with E-state index in [1.54, 1.807) is 4.90 Å². The lowest BCUT2D eigenvalue weighted by atomic mass is 10.1. The first-order chi connectivity index (χ1) is 10.1. The van der Waals surface area contributed by atoms with Gasteiger partial charge in [0.05, 0.1) is 12.1 Å². The summed E-state index contributed by atoms with van der Waals surface area (Å²) in [6, 6.07) is 5.60. The highest BCUT2D eigenvalue weighted by atomic mass is 16.4. The van der Waals surface area contributed by atoms with Gasteiger partial charge in [-0.15, -0.1) is 0 Å². The van der Waals surface area contributed by atoms with Gasteiger partial charge in [0, 0.05) is 18.7 Å². The van der Waals surface area contributed by atoms with Crippen molar-refractivity contribution in [3.8, 4) is 0 Å². The number of hydrogen-bond donors (Lipinski definition) is 2. The first kappa shape index (κ1) is 15.0. The van der Waals surface area contributed by atoms with Crippen LogP contribution < -0.4 is 5.32 Å². The van der Waals surface area contributed by atoms with Crippen molar-refractivity contribution >= 4 is 17.8 Å². The molecule has 0 unspecified atom stereocenters. The minimum Gasteiger partial charge on any atom is -0.478 e. The van der Waals surface area contributed by atoms with Crippen LogP contribution >= 0.6 is 0 Å². The molecule has 0 bridgehead atoms. The lowest BCUT2D eigenvalue weighted by molar-refractivity contribution is -0.130. The van der Waals surface area contributed by atoms with E-state index in [4.69, 9.17) is 5.11 Å². The third-order valence-corrected chi connectivity index (χ3v) is 3.50. The highest BCUT2D eigenvalue weighted by molar-refractivity contribution is 5.97. The van der Waals surface area contributed by atoms with Crippen molar-refractivity contribution in [3.63, 3.8) is 0 Å². The topological polar surface area (TPSA) is 86.7 Å². The zero-order valence-corrected chi connectivity index (χ0v) is 11.7. The second-order valence-corrected chi connectivity index (χ2v) is 5.01. The Morgan fingerprint density at radius 3 is 2.14 bits per heavy atom. The van der Waals surface area contributed by atoms with E-state index in [1.165, 1.54) is 24.3 Å². The number of benzene rings is 1. The molecule has 2 amide bonds. The van der Waals surface area contributed by atoms with Crippen LogP contribution in [0, 0.1) is 0 Å². The van der Waals surface area contributed by atoms with Crippen molar-refractivity contribution in [1.82, 2.24) is 10.2 Å². The van der Waals surface area contributed by atoms with E-state index in [0.717, 1.165) is 32.4 Å². The summed E-state index contributed by atoms with van der Waals surface area (Å²) in [7, 11) is 0. The Balaban J connectivity index is 1.86.